The van der Waals surface area contributed by atoms with Crippen molar-refractivity contribution < 1.29 is 0 Å². The van der Waals surface area contributed by atoms with Gasteiger partial charge in [0, 0.05) is 7.05 Å². The summed E-state index contributed by atoms with van der Waals surface area (Å²) in [7, 11) is 1.84. The monoisotopic (exact) mass is 253 g/mol. The molecule has 1 aromatic carbocycles. The predicted molar refractivity (Wildman–Crippen MR) is 75.2 cm³/mol. The highest BCUT2D eigenvalue weighted by Crippen LogP contribution is 2.18. The minimum atomic E-state index is 0.758. The average molecular weight is 253 g/mol. The lowest BCUT2D eigenvalue weighted by atomic mass is 10.1. The molecule has 0 amide bonds. The van der Waals surface area contributed by atoms with Gasteiger partial charge in [-0.25, -0.2) is 15.0 Å². The lowest BCUT2D eigenvalue weighted by molar-refractivity contribution is 0.808. The van der Waals surface area contributed by atoms with Crippen LogP contribution >= 0.6 is 0 Å². The van der Waals surface area contributed by atoms with Crippen molar-refractivity contribution in [1.29, 1.82) is 0 Å². The Labute approximate surface area is 111 Å². The van der Waals surface area contributed by atoms with Gasteiger partial charge < -0.3 is 9.88 Å². The zero-order chi connectivity index (χ0) is 13.2. The summed E-state index contributed by atoms with van der Waals surface area (Å²) >= 11 is 0. The maximum atomic E-state index is 4.39. The molecule has 3 aromatic rings. The number of imidazole rings is 1. The van der Waals surface area contributed by atoms with Crippen LogP contribution in [-0.4, -0.2) is 26.6 Å². The zero-order valence-electron chi connectivity index (χ0n) is 11.0. The van der Waals surface area contributed by atoms with E-state index in [0.29, 0.717) is 0 Å². The van der Waals surface area contributed by atoms with Gasteiger partial charge in [0.25, 0.3) is 0 Å². The zero-order valence-corrected chi connectivity index (χ0v) is 11.0. The van der Waals surface area contributed by atoms with Crippen molar-refractivity contribution in [1.82, 2.24) is 19.5 Å². The molecule has 0 bridgehead atoms. The molecule has 2 heterocycles. The van der Waals surface area contributed by atoms with Gasteiger partial charge in [0.1, 0.15) is 11.8 Å². The molecule has 5 heteroatoms. The van der Waals surface area contributed by atoms with Crippen LogP contribution in [0, 0.1) is 6.92 Å². The second-order valence-electron chi connectivity index (χ2n) is 4.44. The van der Waals surface area contributed by atoms with Gasteiger partial charge in [0.15, 0.2) is 11.5 Å². The number of hydrogen-bond acceptors (Lipinski definition) is 4. The van der Waals surface area contributed by atoms with E-state index in [-0.39, 0.29) is 0 Å². The molecule has 2 aromatic heterocycles. The predicted octanol–water partition coefficient (Wildman–Crippen LogP) is 2.22. The van der Waals surface area contributed by atoms with E-state index >= 15 is 0 Å². The van der Waals surface area contributed by atoms with Gasteiger partial charge in [-0.2, -0.15) is 0 Å². The molecule has 0 aliphatic heterocycles. The Kier molecular flexibility index (Phi) is 2.87. The maximum Gasteiger partial charge on any atom is 0.165 e. The number of hydrogen-bond donors (Lipinski definition) is 1. The van der Waals surface area contributed by atoms with Gasteiger partial charge in [0.2, 0.25) is 0 Å². The number of fused-ring (bicyclic) bond motifs is 1. The van der Waals surface area contributed by atoms with Crippen LogP contribution in [0.5, 0.6) is 0 Å². The number of nitrogens with zero attached hydrogens (tertiary/aromatic N) is 4. The van der Waals surface area contributed by atoms with Crippen LogP contribution in [0.4, 0.5) is 5.82 Å². The number of aryl methyl sites for hydroxylation is 1. The molecular formula is C14H15N5. The molecule has 96 valence electrons. The van der Waals surface area contributed by atoms with Crippen molar-refractivity contribution in [3.05, 3.63) is 48.0 Å². The smallest absolute Gasteiger partial charge is 0.165 e. The molecule has 0 aliphatic rings. The Morgan fingerprint density at radius 1 is 1.16 bits per heavy atom. The fourth-order valence-electron chi connectivity index (χ4n) is 2.15. The van der Waals surface area contributed by atoms with E-state index < -0.39 is 0 Å². The van der Waals surface area contributed by atoms with Gasteiger partial charge in [-0.1, -0.05) is 24.3 Å². The van der Waals surface area contributed by atoms with E-state index in [1.165, 1.54) is 11.1 Å². The summed E-state index contributed by atoms with van der Waals surface area (Å²) in [6.07, 6.45) is 3.37. The van der Waals surface area contributed by atoms with Crippen molar-refractivity contribution >= 4 is 17.0 Å². The normalized spacial score (nSPS) is 10.8. The summed E-state index contributed by atoms with van der Waals surface area (Å²) in [6.45, 7) is 2.88. The number of rotatable bonds is 3. The third kappa shape index (κ3) is 2.03. The highest BCUT2D eigenvalue weighted by atomic mass is 15.1. The maximum absolute atomic E-state index is 4.39. The van der Waals surface area contributed by atoms with E-state index in [4.69, 9.17) is 0 Å². The van der Waals surface area contributed by atoms with Gasteiger partial charge in [-0.3, -0.25) is 0 Å². The van der Waals surface area contributed by atoms with Crippen LogP contribution in [0.15, 0.2) is 36.9 Å². The van der Waals surface area contributed by atoms with Crippen molar-refractivity contribution in [2.24, 2.45) is 0 Å². The minimum Gasteiger partial charge on any atom is -0.371 e. The minimum absolute atomic E-state index is 0.758. The lowest BCUT2D eigenvalue weighted by Gasteiger charge is -2.07. The molecule has 5 nitrogen and oxygen atoms in total. The second kappa shape index (κ2) is 4.68. The molecule has 0 aliphatic carbocycles. The van der Waals surface area contributed by atoms with Crippen molar-refractivity contribution in [2.45, 2.75) is 13.5 Å². The van der Waals surface area contributed by atoms with Crippen molar-refractivity contribution in [3.8, 4) is 0 Å². The number of anilines is 1. The molecule has 3 rings (SSSR count). The highest BCUT2D eigenvalue weighted by molar-refractivity contribution is 5.82. The van der Waals surface area contributed by atoms with E-state index in [9.17, 15) is 0 Å². The van der Waals surface area contributed by atoms with E-state index in [1.54, 1.807) is 6.33 Å². The number of benzene rings is 1. The van der Waals surface area contributed by atoms with Crippen LogP contribution in [0.2, 0.25) is 0 Å². The summed E-state index contributed by atoms with van der Waals surface area (Å²) in [6, 6.07) is 8.34. The van der Waals surface area contributed by atoms with Crippen LogP contribution in [0.25, 0.3) is 11.2 Å². The summed E-state index contributed by atoms with van der Waals surface area (Å²) in [5.74, 6) is 0.758. The molecule has 1 N–H and O–H groups in total. The molecule has 0 atom stereocenters. The third-order valence-electron chi connectivity index (χ3n) is 3.24. The van der Waals surface area contributed by atoms with E-state index in [1.807, 2.05) is 24.0 Å². The molecular weight excluding hydrogens is 238 g/mol. The van der Waals surface area contributed by atoms with Gasteiger partial charge in [-0.15, -0.1) is 0 Å². The van der Waals surface area contributed by atoms with Crippen LogP contribution < -0.4 is 5.32 Å². The summed E-state index contributed by atoms with van der Waals surface area (Å²) < 4.78 is 2.04. The standard InChI is InChI=1S/C14H15N5/c1-10-5-3-4-6-11(10)7-19-9-18-12-13(15-2)16-8-17-14(12)19/h3-6,8-9H,7H2,1-2H3,(H,15,16,17). The first-order valence-electron chi connectivity index (χ1n) is 6.17. The molecule has 0 saturated heterocycles. The summed E-state index contributed by atoms with van der Waals surface area (Å²) in [5.41, 5.74) is 4.19. The quantitative estimate of drug-likeness (QED) is 0.777. The largest absolute Gasteiger partial charge is 0.371 e. The first-order valence-corrected chi connectivity index (χ1v) is 6.17. The lowest BCUT2D eigenvalue weighted by Crippen LogP contribution is -2.02. The van der Waals surface area contributed by atoms with Crippen molar-refractivity contribution in [3.63, 3.8) is 0 Å². The van der Waals surface area contributed by atoms with Gasteiger partial charge in [0.05, 0.1) is 12.9 Å². The van der Waals surface area contributed by atoms with Crippen molar-refractivity contribution in [2.75, 3.05) is 12.4 Å². The Bertz CT molecular complexity index is 717. The average Bonchev–Trinajstić information content (AvgIpc) is 2.84. The molecule has 0 unspecified atom stereocenters. The van der Waals surface area contributed by atoms with Gasteiger partial charge in [-0.05, 0) is 18.1 Å². The molecule has 0 spiro atoms. The topological polar surface area (TPSA) is 55.6 Å². The molecule has 0 radical (unpaired) electrons. The number of nitrogens with one attached hydrogen (secondary N) is 1. The first kappa shape index (κ1) is 11.6. The summed E-state index contributed by atoms with van der Waals surface area (Å²) in [5, 5.41) is 3.03. The van der Waals surface area contributed by atoms with Crippen LogP contribution in [0.1, 0.15) is 11.1 Å². The Morgan fingerprint density at radius 2 is 2.00 bits per heavy atom. The SMILES string of the molecule is CNc1ncnc2c1ncn2Cc1ccccc1C. The van der Waals surface area contributed by atoms with Crippen LogP contribution in [0.3, 0.4) is 0 Å². The third-order valence-corrected chi connectivity index (χ3v) is 3.24. The Hall–Kier alpha value is -2.43. The van der Waals surface area contributed by atoms with E-state index in [2.05, 4.69) is 45.4 Å². The molecule has 0 fully saturated rings. The van der Waals surface area contributed by atoms with Crippen LogP contribution in [-0.2, 0) is 6.54 Å². The summed E-state index contributed by atoms with van der Waals surface area (Å²) in [4.78, 5) is 12.9. The molecule has 19 heavy (non-hydrogen) atoms. The highest BCUT2D eigenvalue weighted by Gasteiger charge is 2.09. The Balaban J connectivity index is 2.05. The number of aromatic nitrogens is 4. The van der Waals surface area contributed by atoms with E-state index in [0.717, 1.165) is 23.5 Å². The second-order valence-corrected chi connectivity index (χ2v) is 4.44. The fraction of sp³-hybridized carbons (Fsp3) is 0.214. The fourth-order valence-corrected chi connectivity index (χ4v) is 2.15. The Morgan fingerprint density at radius 3 is 2.79 bits per heavy atom. The van der Waals surface area contributed by atoms with Gasteiger partial charge >= 0.3 is 0 Å². The molecule has 0 saturated carbocycles. The first-order chi connectivity index (χ1) is 9.29.